The molecule has 1 atom stereocenters. The van der Waals surface area contributed by atoms with Gasteiger partial charge in [-0.15, -0.1) is 11.3 Å². The van der Waals surface area contributed by atoms with Crippen molar-refractivity contribution >= 4 is 63.8 Å². The largest absolute Gasteiger partial charge is 0.481 e. The van der Waals surface area contributed by atoms with Crippen molar-refractivity contribution < 1.29 is 24.3 Å². The zero-order valence-electron chi connectivity index (χ0n) is 25.9. The molecule has 2 amide bonds. The molecule has 0 saturated carbocycles. The SMILES string of the molecule is O=C(O)C[C@H](NC(=O)Cn1c(Cc2ccccc2)ccc(NC(=O)CCc2ccccc2)c1=O)C(=O)c1ncc(-c2c(Cl)cccc2Cl)s1. The lowest BCUT2D eigenvalue weighted by atomic mass is 10.1. The van der Waals surface area contributed by atoms with Gasteiger partial charge in [-0.25, -0.2) is 4.98 Å². The van der Waals surface area contributed by atoms with Crippen molar-refractivity contribution in [3.63, 3.8) is 0 Å². The second-order valence-electron chi connectivity index (χ2n) is 11.0. The summed E-state index contributed by atoms with van der Waals surface area (Å²) in [4.78, 5) is 69.8. The van der Waals surface area contributed by atoms with Crippen LogP contribution in [0, 0.1) is 0 Å². The van der Waals surface area contributed by atoms with Gasteiger partial charge < -0.3 is 20.3 Å². The number of benzene rings is 3. The molecule has 0 unspecified atom stereocenters. The van der Waals surface area contributed by atoms with Gasteiger partial charge in [0.05, 0.1) is 21.3 Å². The van der Waals surface area contributed by atoms with Crippen LogP contribution in [0.4, 0.5) is 5.69 Å². The van der Waals surface area contributed by atoms with Gasteiger partial charge in [0.15, 0.2) is 5.01 Å². The fourth-order valence-corrected chi connectivity index (χ4v) is 6.81. The maximum Gasteiger partial charge on any atom is 0.305 e. The number of carbonyl (C=O) groups is 4. The van der Waals surface area contributed by atoms with E-state index in [4.69, 9.17) is 23.2 Å². The van der Waals surface area contributed by atoms with E-state index in [1.165, 1.54) is 16.8 Å². The van der Waals surface area contributed by atoms with Gasteiger partial charge in [0.25, 0.3) is 5.56 Å². The molecular weight excluding hydrogens is 687 g/mol. The van der Waals surface area contributed by atoms with Crippen molar-refractivity contribution in [3.8, 4) is 10.4 Å². The lowest BCUT2D eigenvalue weighted by molar-refractivity contribution is -0.137. The van der Waals surface area contributed by atoms with Crippen LogP contribution >= 0.6 is 34.5 Å². The number of pyridine rings is 1. The number of amides is 2. The van der Waals surface area contributed by atoms with Crippen LogP contribution in [0.25, 0.3) is 10.4 Å². The van der Waals surface area contributed by atoms with Crippen LogP contribution in [0.3, 0.4) is 0 Å². The Morgan fingerprint density at radius 2 is 1.49 bits per heavy atom. The van der Waals surface area contributed by atoms with Crippen molar-refractivity contribution in [3.05, 3.63) is 139 Å². The number of rotatable bonds is 14. The summed E-state index contributed by atoms with van der Waals surface area (Å²) in [6, 6.07) is 25.3. The topological polar surface area (TPSA) is 147 Å². The molecule has 0 aliphatic rings. The second-order valence-corrected chi connectivity index (χ2v) is 12.9. The van der Waals surface area contributed by atoms with Crippen LogP contribution in [0.5, 0.6) is 0 Å². The second kappa shape index (κ2) is 16.3. The number of anilines is 1. The van der Waals surface area contributed by atoms with Gasteiger partial charge in [0, 0.05) is 30.3 Å². The molecule has 10 nitrogen and oxygen atoms in total. The summed E-state index contributed by atoms with van der Waals surface area (Å²) in [5.74, 6) is -3.21. The molecule has 3 N–H and O–H groups in total. The van der Waals surface area contributed by atoms with E-state index < -0.39 is 42.2 Å². The van der Waals surface area contributed by atoms with E-state index in [2.05, 4.69) is 15.6 Å². The number of carbonyl (C=O) groups excluding carboxylic acids is 3. The number of aromatic nitrogens is 2. The van der Waals surface area contributed by atoms with Crippen molar-refractivity contribution in [1.82, 2.24) is 14.9 Å². The smallest absolute Gasteiger partial charge is 0.305 e. The highest BCUT2D eigenvalue weighted by atomic mass is 35.5. The van der Waals surface area contributed by atoms with Crippen molar-refractivity contribution in [1.29, 1.82) is 0 Å². The fraction of sp³-hybridized carbons (Fsp3) is 0.167. The Bertz CT molecular complexity index is 2030. The number of thiazole rings is 1. The number of aliphatic carboxylic acids is 1. The lowest BCUT2D eigenvalue weighted by Gasteiger charge is -2.18. The van der Waals surface area contributed by atoms with Crippen LogP contribution in [-0.4, -0.2) is 44.3 Å². The van der Waals surface area contributed by atoms with Crippen LogP contribution in [0.2, 0.25) is 10.0 Å². The van der Waals surface area contributed by atoms with E-state index in [9.17, 15) is 29.1 Å². The summed E-state index contributed by atoms with van der Waals surface area (Å²) in [6.07, 6.45) is 1.57. The third-order valence-corrected chi connectivity index (χ3v) is 9.17. The summed E-state index contributed by atoms with van der Waals surface area (Å²) in [5, 5.41) is 15.3. The first kappa shape index (κ1) is 35.2. The number of Topliss-reactive ketones (excluding diaryl/α,β-unsaturated/α-hetero) is 1. The van der Waals surface area contributed by atoms with Gasteiger partial charge in [-0.1, -0.05) is 89.9 Å². The zero-order chi connectivity index (χ0) is 34.9. The Kier molecular flexibility index (Phi) is 11.7. The standard InChI is InChI=1S/C36H30Cl2N4O6S/c37-25-12-7-13-26(38)33(25)29-20-39-35(49-29)34(47)28(19-32(45)46)41-31(44)21-42-24(18-23-10-5-2-6-11-23)15-16-27(36(42)48)40-30(43)17-14-22-8-3-1-4-9-22/h1-13,15-16,20,28H,14,17-19,21H2,(H,40,43)(H,41,44)(H,45,46)/t28-/m0/s1. The summed E-state index contributed by atoms with van der Waals surface area (Å²) < 4.78 is 1.21. The quantitative estimate of drug-likeness (QED) is 0.115. The molecule has 13 heteroatoms. The first-order chi connectivity index (χ1) is 23.6. The van der Waals surface area contributed by atoms with Crippen LogP contribution in [0.15, 0.2) is 102 Å². The highest BCUT2D eigenvalue weighted by Gasteiger charge is 2.28. The molecule has 0 radical (unpaired) electrons. The molecular formula is C36H30Cl2N4O6S. The predicted molar refractivity (Wildman–Crippen MR) is 189 cm³/mol. The summed E-state index contributed by atoms with van der Waals surface area (Å²) in [5.41, 5.74) is 2.13. The third-order valence-electron chi connectivity index (χ3n) is 7.51. The Balaban J connectivity index is 1.37. The molecule has 0 aliphatic carbocycles. The summed E-state index contributed by atoms with van der Waals surface area (Å²) >= 11 is 13.6. The van der Waals surface area contributed by atoms with Crippen molar-refractivity contribution in [2.24, 2.45) is 0 Å². The molecule has 0 saturated heterocycles. The van der Waals surface area contributed by atoms with E-state index in [1.807, 2.05) is 60.7 Å². The van der Waals surface area contributed by atoms with Gasteiger partial charge in [-0.05, 0) is 41.8 Å². The number of ketones is 1. The molecule has 2 aromatic heterocycles. The number of carboxylic acid groups (broad SMARTS) is 1. The first-order valence-corrected chi connectivity index (χ1v) is 16.7. The minimum atomic E-state index is -1.49. The molecule has 0 spiro atoms. The molecule has 3 aromatic carbocycles. The van der Waals surface area contributed by atoms with Gasteiger partial charge in [0.2, 0.25) is 17.6 Å². The van der Waals surface area contributed by atoms with E-state index in [1.54, 1.807) is 24.3 Å². The van der Waals surface area contributed by atoms with Crippen LogP contribution in [-0.2, 0) is 33.8 Å². The third kappa shape index (κ3) is 9.29. The number of halogens is 2. The Labute approximate surface area is 295 Å². The number of hydrogen-bond acceptors (Lipinski definition) is 7. The van der Waals surface area contributed by atoms with E-state index in [-0.39, 0.29) is 29.4 Å². The fourth-order valence-electron chi connectivity index (χ4n) is 5.11. The minimum absolute atomic E-state index is 0.0191. The van der Waals surface area contributed by atoms with Gasteiger partial charge >= 0.3 is 5.97 Å². The Morgan fingerprint density at radius 1 is 0.837 bits per heavy atom. The average molecular weight is 718 g/mol. The minimum Gasteiger partial charge on any atom is -0.481 e. The molecule has 0 aliphatic heterocycles. The average Bonchev–Trinajstić information content (AvgIpc) is 3.56. The number of nitrogens with zero attached hydrogens (tertiary/aromatic N) is 2. The molecule has 250 valence electrons. The molecule has 0 fully saturated rings. The molecule has 5 aromatic rings. The van der Waals surface area contributed by atoms with Crippen LogP contribution in [0.1, 0.15) is 39.5 Å². The van der Waals surface area contributed by atoms with E-state index in [0.29, 0.717) is 32.6 Å². The number of hydrogen-bond donors (Lipinski definition) is 3. The predicted octanol–water partition coefficient (Wildman–Crippen LogP) is 6.28. The zero-order valence-corrected chi connectivity index (χ0v) is 28.2. The summed E-state index contributed by atoms with van der Waals surface area (Å²) in [7, 11) is 0. The normalized spacial score (nSPS) is 11.5. The maximum atomic E-state index is 13.7. The Morgan fingerprint density at radius 3 is 2.14 bits per heavy atom. The van der Waals surface area contributed by atoms with Crippen molar-refractivity contribution in [2.45, 2.75) is 38.3 Å². The highest BCUT2D eigenvalue weighted by molar-refractivity contribution is 7.17. The van der Waals surface area contributed by atoms with Gasteiger partial charge in [-0.3, -0.25) is 24.0 Å². The number of nitrogens with one attached hydrogen (secondary N) is 2. The lowest BCUT2D eigenvalue weighted by Crippen LogP contribution is -2.45. The van der Waals surface area contributed by atoms with E-state index >= 15 is 0 Å². The van der Waals surface area contributed by atoms with E-state index in [0.717, 1.165) is 22.5 Å². The first-order valence-electron chi connectivity index (χ1n) is 15.1. The number of aryl methyl sites for hydroxylation is 1. The van der Waals surface area contributed by atoms with Crippen LogP contribution < -0.4 is 16.2 Å². The maximum absolute atomic E-state index is 13.7. The number of carboxylic acids is 1. The van der Waals surface area contributed by atoms with Crippen molar-refractivity contribution in [2.75, 3.05) is 5.32 Å². The molecule has 0 bridgehead atoms. The molecule has 2 heterocycles. The molecule has 5 rings (SSSR count). The summed E-state index contributed by atoms with van der Waals surface area (Å²) in [6.45, 7) is -0.545. The molecule has 49 heavy (non-hydrogen) atoms. The van der Waals surface area contributed by atoms with Gasteiger partial charge in [-0.2, -0.15) is 0 Å². The Hall–Kier alpha value is -5.10. The van der Waals surface area contributed by atoms with Gasteiger partial charge in [0.1, 0.15) is 18.3 Å². The highest BCUT2D eigenvalue weighted by Crippen LogP contribution is 2.37. The monoisotopic (exact) mass is 716 g/mol.